The van der Waals surface area contributed by atoms with Crippen LogP contribution in [0.5, 0.6) is 0 Å². The Labute approximate surface area is 136 Å². The van der Waals surface area contributed by atoms with Crippen molar-refractivity contribution in [2.45, 2.75) is 19.9 Å². The van der Waals surface area contributed by atoms with Gasteiger partial charge >= 0.3 is 0 Å². The number of nitrogens with zero attached hydrogens (tertiary/aromatic N) is 3. The van der Waals surface area contributed by atoms with Crippen LogP contribution < -0.4 is 0 Å². The second-order valence-corrected chi connectivity index (χ2v) is 6.02. The third-order valence-electron chi connectivity index (χ3n) is 4.15. The van der Waals surface area contributed by atoms with Gasteiger partial charge in [-0.1, -0.05) is 12.1 Å². The predicted molar refractivity (Wildman–Crippen MR) is 86.8 cm³/mol. The molecule has 23 heavy (non-hydrogen) atoms. The first-order valence-corrected chi connectivity index (χ1v) is 7.65. The highest BCUT2D eigenvalue weighted by Crippen LogP contribution is 2.26. The maximum Gasteiger partial charge on any atom is 0.253 e. The van der Waals surface area contributed by atoms with Gasteiger partial charge in [-0.05, 0) is 17.7 Å². The quantitative estimate of drug-likeness (QED) is 0.822. The highest BCUT2D eigenvalue weighted by molar-refractivity contribution is 5.94. The molecule has 1 aliphatic rings. The van der Waals surface area contributed by atoms with Crippen LogP contribution in [0.2, 0.25) is 0 Å². The molecule has 0 aliphatic carbocycles. The fraction of sp³-hybridized carbons (Fsp3) is 0.471. The summed E-state index contributed by atoms with van der Waals surface area (Å²) < 4.78 is 0. The van der Waals surface area contributed by atoms with E-state index in [9.17, 15) is 14.4 Å². The molecule has 1 heterocycles. The molecule has 0 aromatic heterocycles. The summed E-state index contributed by atoms with van der Waals surface area (Å²) in [5, 5.41) is 0. The first-order chi connectivity index (χ1) is 10.8. The van der Waals surface area contributed by atoms with Crippen molar-refractivity contribution in [3.63, 3.8) is 0 Å². The molecule has 6 nitrogen and oxygen atoms in total. The number of amides is 3. The van der Waals surface area contributed by atoms with E-state index in [1.807, 2.05) is 18.2 Å². The smallest absolute Gasteiger partial charge is 0.253 e. The fourth-order valence-electron chi connectivity index (χ4n) is 2.87. The van der Waals surface area contributed by atoms with Crippen LogP contribution in [0.4, 0.5) is 0 Å². The van der Waals surface area contributed by atoms with Gasteiger partial charge in [-0.25, -0.2) is 0 Å². The molecule has 2 rings (SSSR count). The largest absolute Gasteiger partial charge is 0.345 e. The Morgan fingerprint density at radius 2 is 1.78 bits per heavy atom. The van der Waals surface area contributed by atoms with Crippen LogP contribution in [0.15, 0.2) is 24.3 Å². The maximum atomic E-state index is 12.1. The molecule has 0 spiro atoms. The van der Waals surface area contributed by atoms with Crippen molar-refractivity contribution in [2.24, 2.45) is 0 Å². The molecular formula is C17H23N3O3. The summed E-state index contributed by atoms with van der Waals surface area (Å²) in [7, 11) is 3.41. The second kappa shape index (κ2) is 6.81. The van der Waals surface area contributed by atoms with Crippen molar-refractivity contribution in [1.82, 2.24) is 14.7 Å². The Balaban J connectivity index is 2.35. The van der Waals surface area contributed by atoms with Crippen LogP contribution >= 0.6 is 0 Å². The van der Waals surface area contributed by atoms with Crippen LogP contribution in [0.25, 0.3) is 0 Å². The van der Waals surface area contributed by atoms with E-state index in [4.69, 9.17) is 0 Å². The van der Waals surface area contributed by atoms with E-state index < -0.39 is 0 Å². The average molecular weight is 317 g/mol. The number of rotatable bonds is 2. The van der Waals surface area contributed by atoms with Crippen molar-refractivity contribution in [1.29, 1.82) is 0 Å². The zero-order valence-corrected chi connectivity index (χ0v) is 14.1. The normalized spacial score (nSPS) is 17.8. The molecule has 0 unspecified atom stereocenters. The topological polar surface area (TPSA) is 60.9 Å². The molecule has 124 valence electrons. The lowest BCUT2D eigenvalue weighted by Crippen LogP contribution is -2.51. The van der Waals surface area contributed by atoms with Crippen molar-refractivity contribution in [3.05, 3.63) is 35.4 Å². The Kier molecular flexibility index (Phi) is 5.03. The molecule has 6 heteroatoms. The lowest BCUT2D eigenvalue weighted by Gasteiger charge is -2.41. The minimum atomic E-state index is -0.222. The van der Waals surface area contributed by atoms with Gasteiger partial charge in [0.2, 0.25) is 11.8 Å². The zero-order chi connectivity index (χ0) is 17.1. The molecule has 0 saturated carbocycles. The first kappa shape index (κ1) is 17.0. The second-order valence-electron chi connectivity index (χ2n) is 6.02. The number of carbonyl (C=O) groups is 3. The van der Waals surface area contributed by atoms with Gasteiger partial charge in [-0.2, -0.15) is 0 Å². The molecule has 1 atom stereocenters. The lowest BCUT2D eigenvalue weighted by atomic mass is 9.99. The standard InChI is InChI=1S/C17H23N3O3/c1-12(21)19-8-9-20(13(2)22)16(11-19)14-6-5-7-15(10-14)17(23)18(3)4/h5-7,10,16H,8-9,11H2,1-4H3/t16-/m0/s1. The highest BCUT2D eigenvalue weighted by Gasteiger charge is 2.31. The number of hydrogen-bond acceptors (Lipinski definition) is 3. The van der Waals surface area contributed by atoms with E-state index in [1.54, 1.807) is 30.0 Å². The number of carbonyl (C=O) groups excluding carboxylic acids is 3. The minimum Gasteiger partial charge on any atom is -0.345 e. The summed E-state index contributed by atoms with van der Waals surface area (Å²) >= 11 is 0. The third-order valence-corrected chi connectivity index (χ3v) is 4.15. The van der Waals surface area contributed by atoms with Gasteiger partial charge in [-0.15, -0.1) is 0 Å². The lowest BCUT2D eigenvalue weighted by molar-refractivity contribution is -0.140. The Bertz CT molecular complexity index is 627. The predicted octanol–water partition coefficient (Wildman–Crippen LogP) is 1.14. The number of hydrogen-bond donors (Lipinski definition) is 0. The highest BCUT2D eigenvalue weighted by atomic mass is 16.2. The summed E-state index contributed by atoms with van der Waals surface area (Å²) in [6.07, 6.45) is 0. The molecule has 3 amide bonds. The van der Waals surface area contributed by atoms with Gasteiger partial charge in [0.1, 0.15) is 0 Å². The molecule has 1 aliphatic heterocycles. The summed E-state index contributed by atoms with van der Waals surface area (Å²) in [4.78, 5) is 40.8. The van der Waals surface area contributed by atoms with E-state index in [0.29, 0.717) is 25.2 Å². The average Bonchev–Trinajstić information content (AvgIpc) is 2.53. The summed E-state index contributed by atoms with van der Waals surface area (Å²) in [5.74, 6) is -0.110. The molecule has 1 aromatic rings. The molecule has 1 aromatic carbocycles. The van der Waals surface area contributed by atoms with Gasteiger partial charge in [0.05, 0.1) is 6.04 Å². The fourth-order valence-corrected chi connectivity index (χ4v) is 2.87. The summed E-state index contributed by atoms with van der Waals surface area (Å²) in [6.45, 7) is 4.57. The van der Waals surface area contributed by atoms with E-state index >= 15 is 0 Å². The van der Waals surface area contributed by atoms with Crippen molar-refractivity contribution < 1.29 is 14.4 Å². The SMILES string of the molecule is CC(=O)N1CCN(C(C)=O)[C@H](c2cccc(C(=O)N(C)C)c2)C1. The van der Waals surface area contributed by atoms with E-state index in [1.165, 1.54) is 18.7 Å². The summed E-state index contributed by atoms with van der Waals surface area (Å²) in [6, 6.07) is 7.07. The van der Waals surface area contributed by atoms with Crippen LogP contribution in [0.3, 0.4) is 0 Å². The maximum absolute atomic E-state index is 12.1. The van der Waals surface area contributed by atoms with Crippen LogP contribution in [-0.4, -0.2) is 66.2 Å². The zero-order valence-electron chi connectivity index (χ0n) is 14.1. The van der Waals surface area contributed by atoms with E-state index in [2.05, 4.69) is 0 Å². The third kappa shape index (κ3) is 3.70. The molecule has 0 bridgehead atoms. The molecule has 1 saturated heterocycles. The van der Waals surface area contributed by atoms with Gasteiger partial charge in [0.15, 0.2) is 0 Å². The van der Waals surface area contributed by atoms with E-state index in [-0.39, 0.29) is 23.8 Å². The molecule has 0 radical (unpaired) electrons. The Morgan fingerprint density at radius 3 is 2.35 bits per heavy atom. The minimum absolute atomic E-state index is 0.00118. The summed E-state index contributed by atoms with van der Waals surface area (Å²) in [5.41, 5.74) is 1.45. The van der Waals surface area contributed by atoms with Crippen LogP contribution in [0.1, 0.15) is 35.8 Å². The van der Waals surface area contributed by atoms with Crippen LogP contribution in [-0.2, 0) is 9.59 Å². The monoisotopic (exact) mass is 317 g/mol. The van der Waals surface area contributed by atoms with Crippen molar-refractivity contribution in [2.75, 3.05) is 33.7 Å². The molecule has 1 fully saturated rings. The van der Waals surface area contributed by atoms with Crippen molar-refractivity contribution >= 4 is 17.7 Å². The van der Waals surface area contributed by atoms with Gasteiger partial charge < -0.3 is 14.7 Å². The van der Waals surface area contributed by atoms with Crippen molar-refractivity contribution in [3.8, 4) is 0 Å². The van der Waals surface area contributed by atoms with E-state index in [0.717, 1.165) is 5.56 Å². The molecule has 0 N–H and O–H groups in total. The first-order valence-electron chi connectivity index (χ1n) is 7.65. The van der Waals surface area contributed by atoms with Gasteiger partial charge in [-0.3, -0.25) is 14.4 Å². The van der Waals surface area contributed by atoms with Gasteiger partial charge in [0, 0.05) is 53.1 Å². The van der Waals surface area contributed by atoms with Gasteiger partial charge in [0.25, 0.3) is 5.91 Å². The van der Waals surface area contributed by atoms with Crippen LogP contribution in [0, 0.1) is 0 Å². The number of piperazine rings is 1. The Hall–Kier alpha value is -2.37. The Morgan fingerprint density at radius 1 is 1.09 bits per heavy atom. The molecular weight excluding hydrogens is 294 g/mol. The number of benzene rings is 1.